The van der Waals surface area contributed by atoms with Crippen LogP contribution in [0.5, 0.6) is 46.0 Å². The molecule has 0 amide bonds. The van der Waals surface area contributed by atoms with Crippen molar-refractivity contribution in [3.8, 4) is 46.0 Å². The van der Waals surface area contributed by atoms with Gasteiger partial charge in [0, 0.05) is 20.0 Å². The number of aliphatic carboxylic acids is 1. The molecule has 0 bridgehead atoms. The van der Waals surface area contributed by atoms with Gasteiger partial charge in [0.15, 0.2) is 46.0 Å². The Morgan fingerprint density at radius 1 is 0.508 bits per heavy atom. The SMILES string of the molecule is C.[2H]C([2H])(c1ccc(O)c(O)c1)[C@]([2H])(N)C(C)=O.[2H]C([2H])(c1ccc(O)c(O)c1)[C@]([2H])(N)C(C)=O.[2H][C@@](N)(C(C)=O)[C@]([2H])(C)c1ccc(O)c(O)c1.[2H][C@](C)(c1ccc(O)c(O)c1)[C@]([2H])(N)C(=O)O. The lowest BCUT2D eigenvalue weighted by molar-refractivity contribution is -0.139. The molecule has 0 aromatic heterocycles. The van der Waals surface area contributed by atoms with Crippen LogP contribution in [0.3, 0.4) is 0 Å². The van der Waals surface area contributed by atoms with Crippen LogP contribution in [0.4, 0.5) is 0 Å². The van der Waals surface area contributed by atoms with Crippen LogP contribution in [0.2, 0.25) is 0 Å². The quantitative estimate of drug-likeness (QED) is 0.0908. The maximum atomic E-state index is 11.3. The molecule has 0 spiro atoms. The van der Waals surface area contributed by atoms with Gasteiger partial charge in [0.2, 0.25) is 0 Å². The fraction of sp³-hybridized carbons (Fsp3) is 0.333. The molecule has 0 saturated heterocycles. The molecule has 0 radical (unpaired) electrons. The minimum atomic E-state index is -2.57. The molecule has 0 aliphatic carbocycles. The summed E-state index contributed by atoms with van der Waals surface area (Å²) in [5.74, 6) is -11.2. The molecular formula is C42H58N4O13. The second kappa shape index (κ2) is 24.4. The third-order valence-electron chi connectivity index (χ3n) is 7.50. The number of phenolic OH excluding ortho intramolecular Hbond substituents is 8. The highest BCUT2D eigenvalue weighted by molar-refractivity contribution is 5.82. The third-order valence-corrected chi connectivity index (χ3v) is 7.50. The zero-order chi connectivity index (χ0) is 53.7. The number of phenols is 8. The maximum absolute atomic E-state index is 11.3. The Balaban J connectivity index is 0.000000889. The van der Waals surface area contributed by atoms with E-state index in [1.165, 1.54) is 25.1 Å². The van der Waals surface area contributed by atoms with Crippen LogP contribution in [0, 0.1) is 0 Å². The number of nitrogens with two attached hydrogens (primary N) is 4. The zero-order valence-corrected chi connectivity index (χ0v) is 31.9. The zero-order valence-electron chi connectivity index (χ0n) is 41.9. The van der Waals surface area contributed by atoms with E-state index in [0.717, 1.165) is 82.3 Å². The highest BCUT2D eigenvalue weighted by Gasteiger charge is 2.22. The first kappa shape index (κ1) is 36.9. The van der Waals surface area contributed by atoms with Crippen LogP contribution >= 0.6 is 0 Å². The molecule has 6 atom stereocenters. The van der Waals surface area contributed by atoms with Gasteiger partial charge in [0.1, 0.15) is 23.4 Å². The first-order valence-electron chi connectivity index (χ1n) is 21.4. The van der Waals surface area contributed by atoms with Gasteiger partial charge in [0.05, 0.1) is 23.5 Å². The smallest absolute Gasteiger partial charge is 0.321 e. The molecule has 0 fully saturated rings. The molecule has 59 heavy (non-hydrogen) atoms. The molecule has 17 N–H and O–H groups in total. The number of carbonyl (C=O) groups excluding carboxylic acids is 3. The number of ketones is 3. The number of benzene rings is 4. The van der Waals surface area contributed by atoms with Crippen molar-refractivity contribution in [1.29, 1.82) is 0 Å². The minimum Gasteiger partial charge on any atom is -0.504 e. The van der Waals surface area contributed by atoms with E-state index in [4.69, 9.17) is 62.2 Å². The first-order chi connectivity index (χ1) is 30.4. The Morgan fingerprint density at radius 2 is 0.797 bits per heavy atom. The lowest BCUT2D eigenvalue weighted by Gasteiger charge is -2.17. The van der Waals surface area contributed by atoms with Crippen molar-refractivity contribution in [2.24, 2.45) is 22.9 Å². The van der Waals surface area contributed by atoms with E-state index in [2.05, 4.69) is 0 Å². The van der Waals surface area contributed by atoms with Gasteiger partial charge in [-0.05, 0) is 104 Å². The highest BCUT2D eigenvalue weighted by Crippen LogP contribution is 2.31. The predicted octanol–water partition coefficient (Wildman–Crippen LogP) is 3.48. The highest BCUT2D eigenvalue weighted by atomic mass is 16.4. The van der Waals surface area contributed by atoms with Gasteiger partial charge in [0.25, 0.3) is 0 Å². The Bertz CT molecular complexity index is 2180. The van der Waals surface area contributed by atoms with Gasteiger partial charge >= 0.3 is 5.97 Å². The minimum absolute atomic E-state index is 0. The van der Waals surface area contributed by atoms with Crippen LogP contribution < -0.4 is 22.9 Å². The van der Waals surface area contributed by atoms with Crippen LogP contribution in [0.25, 0.3) is 0 Å². The van der Waals surface area contributed by atoms with Gasteiger partial charge in [-0.2, -0.15) is 0 Å². The van der Waals surface area contributed by atoms with E-state index < -0.39 is 112 Å². The molecule has 17 nitrogen and oxygen atoms in total. The number of aromatic hydroxyl groups is 8. The maximum Gasteiger partial charge on any atom is 0.321 e. The molecule has 4 rings (SSSR count). The van der Waals surface area contributed by atoms with Crippen molar-refractivity contribution in [2.45, 2.75) is 90.7 Å². The summed E-state index contributed by atoms with van der Waals surface area (Å²) in [6.45, 7) is 5.64. The van der Waals surface area contributed by atoms with Crippen LogP contribution in [-0.4, -0.2) is 93.3 Å². The molecule has 0 aliphatic rings. The number of hydrogen-bond acceptors (Lipinski definition) is 16. The average Bonchev–Trinajstić information content (AvgIpc) is 3.21. The summed E-state index contributed by atoms with van der Waals surface area (Å²) in [5, 5.41) is 82.5. The van der Waals surface area contributed by atoms with E-state index in [1.54, 1.807) is 0 Å². The second-order valence-electron chi connectivity index (χ2n) is 11.9. The molecule has 0 saturated carbocycles. The van der Waals surface area contributed by atoms with Crippen molar-refractivity contribution < 1.29 is 78.8 Å². The molecule has 0 aliphatic heterocycles. The Morgan fingerprint density at radius 3 is 1.05 bits per heavy atom. The largest absolute Gasteiger partial charge is 0.504 e. The number of carbonyl (C=O) groups is 4. The van der Waals surface area contributed by atoms with Crippen molar-refractivity contribution in [2.75, 3.05) is 0 Å². The van der Waals surface area contributed by atoms with Crippen molar-refractivity contribution in [3.63, 3.8) is 0 Å². The van der Waals surface area contributed by atoms with E-state index in [0.29, 0.717) is 0 Å². The summed E-state index contributed by atoms with van der Waals surface area (Å²) in [6.07, 6.45) is -4.96. The van der Waals surface area contributed by atoms with Crippen molar-refractivity contribution in [1.82, 2.24) is 0 Å². The predicted molar refractivity (Wildman–Crippen MR) is 222 cm³/mol. The van der Waals surface area contributed by atoms with Gasteiger partial charge in [-0.1, -0.05) is 45.5 Å². The number of Topliss-reactive ketones (excluding diaryl/α,β-unsaturated/α-hetero) is 3. The van der Waals surface area contributed by atoms with Crippen molar-refractivity contribution in [3.05, 3.63) is 95.1 Å². The summed E-state index contributed by atoms with van der Waals surface area (Å²) in [5.41, 5.74) is 21.4. The molecule has 17 heteroatoms. The van der Waals surface area contributed by atoms with E-state index >= 15 is 0 Å². The lowest BCUT2D eigenvalue weighted by atomic mass is 9.91. The van der Waals surface area contributed by atoms with Gasteiger partial charge in [-0.15, -0.1) is 0 Å². The molecular weight excluding hydrogens is 768 g/mol. The monoisotopic (exact) mass is 836 g/mol. The number of hydrogen-bond donors (Lipinski definition) is 13. The van der Waals surface area contributed by atoms with Crippen LogP contribution in [0.15, 0.2) is 72.8 Å². The number of carboxylic acids is 1. The van der Waals surface area contributed by atoms with Gasteiger partial charge in [-0.3, -0.25) is 19.2 Å². The third kappa shape index (κ3) is 17.3. The fourth-order valence-corrected chi connectivity index (χ4v) is 3.94. The summed E-state index contributed by atoms with van der Waals surface area (Å²) >= 11 is 0. The number of carboxylic acid groups (broad SMARTS) is 1. The molecule has 0 heterocycles. The first-order valence-corrected chi connectivity index (χ1v) is 16.4. The van der Waals surface area contributed by atoms with Gasteiger partial charge in [-0.25, -0.2) is 0 Å². The second-order valence-corrected chi connectivity index (χ2v) is 11.9. The van der Waals surface area contributed by atoms with E-state index in [-0.39, 0.29) is 35.4 Å². The number of rotatable bonds is 12. The summed E-state index contributed by atoms with van der Waals surface area (Å²) in [6, 6.07) is 3.73. The summed E-state index contributed by atoms with van der Waals surface area (Å²) in [7, 11) is 0. The Labute approximate surface area is 356 Å². The fourth-order valence-electron chi connectivity index (χ4n) is 3.94. The van der Waals surface area contributed by atoms with Crippen LogP contribution in [-0.2, 0) is 31.9 Å². The normalized spacial score (nSPS) is 19.5. The van der Waals surface area contributed by atoms with Gasteiger partial charge < -0.3 is 68.9 Å². The molecule has 324 valence electrons. The molecule has 4 aromatic rings. The topological polar surface area (TPSA) is 354 Å². The van der Waals surface area contributed by atoms with Crippen molar-refractivity contribution >= 4 is 23.3 Å². The summed E-state index contributed by atoms with van der Waals surface area (Å²) in [4.78, 5) is 44.5. The van der Waals surface area contributed by atoms with E-state index in [9.17, 15) is 39.6 Å². The Kier molecular flexibility index (Phi) is 15.3. The Hall–Kier alpha value is -6.40. The molecule has 0 unspecified atom stereocenters. The molecule has 4 aromatic carbocycles. The van der Waals surface area contributed by atoms with Crippen LogP contribution in [0.1, 0.15) is 89.8 Å². The van der Waals surface area contributed by atoms with E-state index in [1.807, 2.05) is 0 Å². The summed E-state index contributed by atoms with van der Waals surface area (Å²) < 4.78 is 77.1. The lowest BCUT2D eigenvalue weighted by Crippen LogP contribution is -2.35. The average molecular weight is 837 g/mol. The standard InChI is InChI=1S/C11H15NO3.C10H13NO4.2C10H13NO3.CH4/c1-6(11(12)7(2)13)8-3-4-9(14)10(15)5-8;1-5(9(11)10(14)15)6-2-3-7(12)8(13)4-6;2*1-6(12)8(11)4-7-2-3-9(13)10(14)5-7;/h3-6,11,14-15H,12H2,1-2H3;2-5,9,12-13H,11H2,1H3,(H,14,15);2*2-3,5,8,13-14H,4,11H2,1H3;1H4/t6-,11+;5-,9-;2*8-;/m1000./s1/i6D,11D;5D,9D;2*4D2,8D;.